The molecule has 6 nitrogen and oxygen atoms in total. The number of nitrogens with one attached hydrogen (secondary N) is 1. The summed E-state index contributed by atoms with van der Waals surface area (Å²) in [6, 6.07) is -0.552. The molecule has 0 aromatic carbocycles. The molecule has 0 saturated carbocycles. The van der Waals surface area contributed by atoms with Crippen molar-refractivity contribution in [3.63, 3.8) is 0 Å². The molecule has 0 heterocycles. The highest BCUT2D eigenvalue weighted by Gasteiger charge is 2.20. The van der Waals surface area contributed by atoms with E-state index in [1.54, 1.807) is 0 Å². The number of ether oxygens (including phenoxy) is 1. The molecular formula is C64H125NO5. The van der Waals surface area contributed by atoms with E-state index in [9.17, 15) is 19.8 Å². The number of amides is 1. The maximum Gasteiger partial charge on any atom is 0.305 e. The highest BCUT2D eigenvalue weighted by molar-refractivity contribution is 5.76. The highest BCUT2D eigenvalue weighted by atomic mass is 16.5. The molecule has 0 aromatic rings. The third-order valence-electron chi connectivity index (χ3n) is 15.1. The number of carbonyl (C=O) groups is 2. The second kappa shape index (κ2) is 60.2. The van der Waals surface area contributed by atoms with E-state index in [2.05, 4.69) is 31.3 Å². The fourth-order valence-corrected chi connectivity index (χ4v) is 10.2. The lowest BCUT2D eigenvalue weighted by molar-refractivity contribution is -0.143. The second-order valence-corrected chi connectivity index (χ2v) is 22.1. The predicted octanol–water partition coefficient (Wildman–Crippen LogP) is 20.0. The zero-order valence-electron chi connectivity index (χ0n) is 47.5. The first-order valence-electron chi connectivity index (χ1n) is 31.9. The Kier molecular flexibility index (Phi) is 59.0. The molecule has 0 aliphatic heterocycles. The van der Waals surface area contributed by atoms with Crippen LogP contribution in [0.5, 0.6) is 0 Å². The number of carbonyl (C=O) groups excluding carboxylic acids is 2. The monoisotopic (exact) mass is 988 g/mol. The number of rotatable bonds is 60. The number of allylic oxidation sites excluding steroid dienone is 2. The summed E-state index contributed by atoms with van der Waals surface area (Å²) in [5, 5.41) is 23.4. The molecule has 0 bridgehead atoms. The molecule has 0 spiro atoms. The van der Waals surface area contributed by atoms with Crippen LogP contribution >= 0.6 is 0 Å². The van der Waals surface area contributed by atoms with E-state index in [0.717, 1.165) is 57.8 Å². The predicted molar refractivity (Wildman–Crippen MR) is 306 cm³/mol. The Morgan fingerprint density at radius 1 is 0.386 bits per heavy atom. The lowest BCUT2D eigenvalue weighted by Gasteiger charge is -2.22. The molecule has 2 unspecified atom stereocenters. The minimum Gasteiger partial charge on any atom is -0.466 e. The Morgan fingerprint density at radius 3 is 1.01 bits per heavy atom. The van der Waals surface area contributed by atoms with Crippen molar-refractivity contribution in [2.75, 3.05) is 13.2 Å². The van der Waals surface area contributed by atoms with Gasteiger partial charge in [-0.15, -0.1) is 0 Å². The molecule has 6 heteroatoms. The van der Waals surface area contributed by atoms with Crippen LogP contribution in [0.25, 0.3) is 0 Å². The molecule has 3 N–H and O–H groups in total. The van der Waals surface area contributed by atoms with Crippen LogP contribution in [0.1, 0.15) is 361 Å². The van der Waals surface area contributed by atoms with E-state index < -0.39 is 12.1 Å². The minimum atomic E-state index is -0.673. The van der Waals surface area contributed by atoms with Crippen molar-refractivity contribution >= 4 is 11.9 Å². The Balaban J connectivity index is 3.44. The van der Waals surface area contributed by atoms with Crippen molar-refractivity contribution in [3.8, 4) is 0 Å². The van der Waals surface area contributed by atoms with E-state index in [1.165, 1.54) is 270 Å². The quantitative estimate of drug-likeness (QED) is 0.0321. The van der Waals surface area contributed by atoms with Crippen LogP contribution in [0.4, 0.5) is 0 Å². The van der Waals surface area contributed by atoms with Gasteiger partial charge in [-0.25, -0.2) is 0 Å². The van der Waals surface area contributed by atoms with Crippen LogP contribution in [0.3, 0.4) is 0 Å². The van der Waals surface area contributed by atoms with E-state index in [-0.39, 0.29) is 18.5 Å². The maximum absolute atomic E-state index is 12.5. The van der Waals surface area contributed by atoms with Gasteiger partial charge in [-0.3, -0.25) is 9.59 Å². The van der Waals surface area contributed by atoms with Crippen LogP contribution in [-0.4, -0.2) is 47.4 Å². The normalized spacial score (nSPS) is 12.6. The molecular weight excluding hydrogens is 863 g/mol. The van der Waals surface area contributed by atoms with Gasteiger partial charge in [0.2, 0.25) is 5.91 Å². The standard InChI is InChI=1S/C64H125NO5/c1-3-5-7-9-11-13-15-16-17-18-19-20-21-22-23-24-27-30-33-37-40-44-48-52-56-62(67)61(60-66)65-63(68)57-53-49-45-41-38-34-31-28-25-26-29-32-35-39-43-47-51-55-59-70-64(69)58-54-50-46-42-36-14-12-10-8-6-4-2/h28,31,61-62,66-67H,3-27,29-30,32-60H2,1-2H3,(H,65,68)/b31-28-. The zero-order valence-corrected chi connectivity index (χ0v) is 47.5. The van der Waals surface area contributed by atoms with Crippen LogP contribution < -0.4 is 5.32 Å². The zero-order chi connectivity index (χ0) is 50.7. The largest absolute Gasteiger partial charge is 0.466 e. The maximum atomic E-state index is 12.5. The highest BCUT2D eigenvalue weighted by Crippen LogP contribution is 2.18. The molecule has 70 heavy (non-hydrogen) atoms. The average molecular weight is 989 g/mol. The van der Waals surface area contributed by atoms with Crippen molar-refractivity contribution in [1.29, 1.82) is 0 Å². The molecule has 0 saturated heterocycles. The molecule has 416 valence electrons. The fourth-order valence-electron chi connectivity index (χ4n) is 10.2. The Morgan fingerprint density at radius 2 is 0.671 bits per heavy atom. The second-order valence-electron chi connectivity index (χ2n) is 22.1. The summed E-state index contributed by atoms with van der Waals surface area (Å²) in [6.45, 7) is 4.96. The fraction of sp³-hybridized carbons (Fsp3) is 0.938. The number of aliphatic hydroxyl groups excluding tert-OH is 2. The van der Waals surface area contributed by atoms with Crippen molar-refractivity contribution in [2.24, 2.45) is 0 Å². The first-order chi connectivity index (χ1) is 34.5. The van der Waals surface area contributed by atoms with E-state index in [1.807, 2.05) is 0 Å². The van der Waals surface area contributed by atoms with Crippen LogP contribution in [0.15, 0.2) is 12.2 Å². The summed E-state index contributed by atoms with van der Waals surface area (Å²) in [6.07, 6.45) is 72.3. The number of hydrogen-bond acceptors (Lipinski definition) is 5. The minimum absolute atomic E-state index is 0.00370. The summed E-state index contributed by atoms with van der Waals surface area (Å²) in [5.41, 5.74) is 0. The van der Waals surface area contributed by atoms with Gasteiger partial charge in [-0.05, 0) is 51.4 Å². The molecule has 0 rings (SSSR count). The Labute approximate surface area is 438 Å². The van der Waals surface area contributed by atoms with Crippen molar-refractivity contribution < 1.29 is 24.5 Å². The third kappa shape index (κ3) is 55.9. The molecule has 0 aliphatic carbocycles. The van der Waals surface area contributed by atoms with Gasteiger partial charge < -0.3 is 20.3 Å². The van der Waals surface area contributed by atoms with Crippen LogP contribution in [-0.2, 0) is 14.3 Å². The van der Waals surface area contributed by atoms with Crippen molar-refractivity contribution in [1.82, 2.24) is 5.32 Å². The SMILES string of the molecule is CCCCCCCCCCCCCCCCCCCCCCCCCCC(O)C(CO)NC(=O)CCCCCCC/C=C\CCCCCCCCCCCOC(=O)CCCCCCCCCCCCC. The molecule has 1 amide bonds. The average Bonchev–Trinajstić information content (AvgIpc) is 3.36. The van der Waals surface area contributed by atoms with Crippen molar-refractivity contribution in [3.05, 3.63) is 12.2 Å². The third-order valence-corrected chi connectivity index (χ3v) is 15.1. The van der Waals surface area contributed by atoms with Gasteiger partial charge in [-0.2, -0.15) is 0 Å². The van der Waals surface area contributed by atoms with E-state index in [4.69, 9.17) is 4.74 Å². The van der Waals surface area contributed by atoms with Gasteiger partial charge in [0.15, 0.2) is 0 Å². The van der Waals surface area contributed by atoms with E-state index in [0.29, 0.717) is 25.9 Å². The smallest absolute Gasteiger partial charge is 0.305 e. The molecule has 0 fully saturated rings. The first-order valence-corrected chi connectivity index (χ1v) is 31.9. The Hall–Kier alpha value is -1.40. The van der Waals surface area contributed by atoms with Gasteiger partial charge in [-0.1, -0.05) is 309 Å². The number of esters is 1. The van der Waals surface area contributed by atoms with Crippen molar-refractivity contribution in [2.45, 2.75) is 373 Å². The van der Waals surface area contributed by atoms with Gasteiger partial charge in [0, 0.05) is 12.8 Å². The summed E-state index contributed by atoms with van der Waals surface area (Å²) >= 11 is 0. The molecule has 0 aliphatic rings. The number of hydrogen-bond donors (Lipinski definition) is 3. The van der Waals surface area contributed by atoms with Gasteiger partial charge in [0.05, 0.1) is 25.4 Å². The first kappa shape index (κ1) is 68.6. The molecule has 2 atom stereocenters. The summed E-state index contributed by atoms with van der Waals surface area (Å²) < 4.78 is 5.46. The summed E-state index contributed by atoms with van der Waals surface area (Å²) in [7, 11) is 0. The Bertz CT molecular complexity index is 1050. The van der Waals surface area contributed by atoms with Gasteiger partial charge in [0.25, 0.3) is 0 Å². The molecule has 0 aromatic heterocycles. The lowest BCUT2D eigenvalue weighted by Crippen LogP contribution is -2.45. The summed E-state index contributed by atoms with van der Waals surface area (Å²) in [5.74, 6) is -0.0412. The topological polar surface area (TPSA) is 95.9 Å². The molecule has 0 radical (unpaired) electrons. The van der Waals surface area contributed by atoms with Crippen LogP contribution in [0, 0.1) is 0 Å². The van der Waals surface area contributed by atoms with E-state index >= 15 is 0 Å². The van der Waals surface area contributed by atoms with Gasteiger partial charge >= 0.3 is 5.97 Å². The van der Waals surface area contributed by atoms with Crippen LogP contribution in [0.2, 0.25) is 0 Å². The summed E-state index contributed by atoms with van der Waals surface area (Å²) in [4.78, 5) is 24.5. The lowest BCUT2D eigenvalue weighted by atomic mass is 10.0. The number of aliphatic hydroxyl groups is 2. The number of unbranched alkanes of at least 4 members (excludes halogenated alkanes) is 47. The van der Waals surface area contributed by atoms with Gasteiger partial charge in [0.1, 0.15) is 0 Å².